The van der Waals surface area contributed by atoms with E-state index in [0.717, 1.165) is 18.0 Å². The summed E-state index contributed by atoms with van der Waals surface area (Å²) in [5.41, 5.74) is 8.17. The summed E-state index contributed by atoms with van der Waals surface area (Å²) < 4.78 is 5.18. The quantitative estimate of drug-likeness (QED) is 0.875. The van der Waals surface area contributed by atoms with Crippen LogP contribution in [0.15, 0.2) is 48.7 Å². The van der Waals surface area contributed by atoms with Gasteiger partial charge in [0.05, 0.1) is 12.8 Å². The average Bonchev–Trinajstić information content (AvgIpc) is 2.49. The van der Waals surface area contributed by atoms with Crippen LogP contribution < -0.4 is 10.5 Å². The summed E-state index contributed by atoms with van der Waals surface area (Å²) >= 11 is 0. The van der Waals surface area contributed by atoms with Gasteiger partial charge in [-0.3, -0.25) is 9.88 Å². The highest BCUT2D eigenvalue weighted by atomic mass is 16.5. The van der Waals surface area contributed by atoms with Crippen LogP contribution >= 0.6 is 0 Å². The van der Waals surface area contributed by atoms with E-state index in [1.54, 1.807) is 7.11 Å². The maximum Gasteiger partial charge on any atom is 0.118 e. The molecule has 0 aliphatic rings. The molecule has 0 saturated heterocycles. The third-order valence-electron chi connectivity index (χ3n) is 3.39. The smallest absolute Gasteiger partial charge is 0.118 e. The number of likely N-dealkylation sites (N-methyl/N-ethyl adjacent to an activating group) is 1. The predicted octanol–water partition coefficient (Wildman–Crippen LogP) is 2.22. The lowest BCUT2D eigenvalue weighted by Crippen LogP contribution is -2.30. The van der Waals surface area contributed by atoms with E-state index in [4.69, 9.17) is 10.5 Å². The molecule has 106 valence electrons. The molecule has 4 heteroatoms. The molecule has 0 bridgehead atoms. The molecule has 0 aliphatic heterocycles. The molecule has 2 N–H and O–H groups in total. The van der Waals surface area contributed by atoms with Gasteiger partial charge < -0.3 is 10.5 Å². The Balaban J connectivity index is 2.10. The van der Waals surface area contributed by atoms with Crippen molar-refractivity contribution in [3.63, 3.8) is 0 Å². The minimum atomic E-state index is 0.169. The fourth-order valence-corrected chi connectivity index (χ4v) is 2.25. The first-order valence-corrected chi connectivity index (χ1v) is 6.68. The number of ether oxygens (including phenoxy) is 1. The van der Waals surface area contributed by atoms with Crippen LogP contribution in [0.1, 0.15) is 17.3 Å². The zero-order chi connectivity index (χ0) is 14.4. The van der Waals surface area contributed by atoms with Crippen LogP contribution in [0.4, 0.5) is 0 Å². The fourth-order valence-electron chi connectivity index (χ4n) is 2.25. The number of aromatic nitrogens is 1. The van der Waals surface area contributed by atoms with Gasteiger partial charge in [-0.1, -0.05) is 18.2 Å². The van der Waals surface area contributed by atoms with Crippen molar-refractivity contribution >= 4 is 0 Å². The van der Waals surface area contributed by atoms with E-state index >= 15 is 0 Å². The minimum Gasteiger partial charge on any atom is -0.497 e. The Morgan fingerprint density at radius 2 is 1.95 bits per heavy atom. The van der Waals surface area contributed by atoms with Gasteiger partial charge in [0.15, 0.2) is 0 Å². The van der Waals surface area contributed by atoms with Gasteiger partial charge in [-0.15, -0.1) is 0 Å². The summed E-state index contributed by atoms with van der Waals surface area (Å²) in [6, 6.07) is 14.2. The number of hydrogen-bond donors (Lipinski definition) is 1. The highest BCUT2D eigenvalue weighted by Gasteiger charge is 2.16. The zero-order valence-electron chi connectivity index (χ0n) is 12.0. The molecule has 1 aromatic heterocycles. The average molecular weight is 271 g/mol. The number of benzene rings is 1. The maximum atomic E-state index is 5.94. The molecular weight excluding hydrogens is 250 g/mol. The van der Waals surface area contributed by atoms with Gasteiger partial charge in [0.1, 0.15) is 5.75 Å². The molecule has 1 heterocycles. The monoisotopic (exact) mass is 271 g/mol. The van der Waals surface area contributed by atoms with Gasteiger partial charge in [-0.05, 0) is 36.9 Å². The number of rotatable bonds is 6. The minimum absolute atomic E-state index is 0.169. The first kappa shape index (κ1) is 14.5. The van der Waals surface area contributed by atoms with Crippen LogP contribution in [-0.4, -0.2) is 30.6 Å². The lowest BCUT2D eigenvalue weighted by atomic mass is 10.1. The van der Waals surface area contributed by atoms with Crippen molar-refractivity contribution in [2.45, 2.75) is 12.6 Å². The van der Waals surface area contributed by atoms with Crippen LogP contribution in [-0.2, 0) is 6.54 Å². The summed E-state index contributed by atoms with van der Waals surface area (Å²) in [7, 11) is 3.74. The zero-order valence-corrected chi connectivity index (χ0v) is 12.0. The van der Waals surface area contributed by atoms with Crippen LogP contribution in [0.25, 0.3) is 0 Å². The van der Waals surface area contributed by atoms with Crippen molar-refractivity contribution in [2.24, 2.45) is 5.73 Å². The Morgan fingerprint density at radius 3 is 2.50 bits per heavy atom. The summed E-state index contributed by atoms with van der Waals surface area (Å²) in [5.74, 6) is 0.858. The number of nitrogens with two attached hydrogens (primary N) is 1. The normalized spacial score (nSPS) is 12.4. The van der Waals surface area contributed by atoms with Gasteiger partial charge in [0.25, 0.3) is 0 Å². The van der Waals surface area contributed by atoms with Crippen molar-refractivity contribution < 1.29 is 4.74 Å². The number of hydrogen-bond acceptors (Lipinski definition) is 4. The van der Waals surface area contributed by atoms with Crippen LogP contribution in [0.2, 0.25) is 0 Å². The van der Waals surface area contributed by atoms with E-state index in [1.165, 1.54) is 5.56 Å². The summed E-state index contributed by atoms with van der Waals surface area (Å²) in [5, 5.41) is 0. The lowest BCUT2D eigenvalue weighted by Gasteiger charge is -2.27. The number of pyridine rings is 1. The maximum absolute atomic E-state index is 5.94. The van der Waals surface area contributed by atoms with Crippen molar-refractivity contribution in [1.29, 1.82) is 0 Å². The summed E-state index contributed by atoms with van der Waals surface area (Å²) in [6.45, 7) is 1.34. The first-order chi connectivity index (χ1) is 9.74. The van der Waals surface area contributed by atoms with Gasteiger partial charge in [-0.2, -0.15) is 0 Å². The first-order valence-electron chi connectivity index (χ1n) is 6.68. The standard InChI is InChI=1S/C16H21N3O/c1-19(12-14-5-3-4-10-18-14)16(11-17)13-6-8-15(20-2)9-7-13/h3-10,16H,11-12,17H2,1-2H3. The molecule has 0 saturated carbocycles. The SMILES string of the molecule is COc1ccc(C(CN)N(C)Cc2ccccn2)cc1. The Labute approximate surface area is 120 Å². The molecular formula is C16H21N3O. The third-order valence-corrected chi connectivity index (χ3v) is 3.39. The number of methoxy groups -OCH3 is 1. The summed E-state index contributed by atoms with van der Waals surface area (Å²) in [4.78, 5) is 6.57. The Morgan fingerprint density at radius 1 is 1.20 bits per heavy atom. The fraction of sp³-hybridized carbons (Fsp3) is 0.312. The molecule has 2 rings (SSSR count). The van der Waals surface area contributed by atoms with E-state index in [1.807, 2.05) is 36.5 Å². The third kappa shape index (κ3) is 3.56. The highest BCUT2D eigenvalue weighted by molar-refractivity contribution is 5.29. The van der Waals surface area contributed by atoms with Crippen LogP contribution in [0, 0.1) is 0 Å². The van der Waals surface area contributed by atoms with Gasteiger partial charge in [-0.25, -0.2) is 0 Å². The van der Waals surface area contributed by atoms with Crippen molar-refractivity contribution in [3.8, 4) is 5.75 Å². The largest absolute Gasteiger partial charge is 0.497 e. The van der Waals surface area contributed by atoms with Crippen molar-refractivity contribution in [3.05, 3.63) is 59.9 Å². The molecule has 0 radical (unpaired) electrons. The molecule has 0 fully saturated rings. The molecule has 2 aromatic rings. The molecule has 4 nitrogen and oxygen atoms in total. The van der Waals surface area contributed by atoms with Crippen LogP contribution in [0.5, 0.6) is 5.75 Å². The van der Waals surface area contributed by atoms with E-state index in [0.29, 0.717) is 6.54 Å². The molecule has 0 amide bonds. The van der Waals surface area contributed by atoms with E-state index in [2.05, 4.69) is 29.1 Å². The van der Waals surface area contributed by atoms with E-state index in [-0.39, 0.29) is 6.04 Å². The Kier molecular flexibility index (Phi) is 5.09. The second kappa shape index (κ2) is 7.03. The van der Waals surface area contributed by atoms with Gasteiger partial charge in [0, 0.05) is 25.3 Å². The number of nitrogens with zero attached hydrogens (tertiary/aromatic N) is 2. The molecule has 0 spiro atoms. The molecule has 1 aromatic carbocycles. The highest BCUT2D eigenvalue weighted by Crippen LogP contribution is 2.22. The van der Waals surface area contributed by atoms with E-state index in [9.17, 15) is 0 Å². The van der Waals surface area contributed by atoms with Gasteiger partial charge >= 0.3 is 0 Å². The second-order valence-corrected chi connectivity index (χ2v) is 4.76. The predicted molar refractivity (Wildman–Crippen MR) is 80.5 cm³/mol. The van der Waals surface area contributed by atoms with Crippen molar-refractivity contribution in [1.82, 2.24) is 9.88 Å². The van der Waals surface area contributed by atoms with Crippen molar-refractivity contribution in [2.75, 3.05) is 20.7 Å². The lowest BCUT2D eigenvalue weighted by molar-refractivity contribution is 0.239. The molecule has 1 atom stereocenters. The molecule has 0 aliphatic carbocycles. The van der Waals surface area contributed by atoms with E-state index < -0.39 is 0 Å². The molecule has 1 unspecified atom stereocenters. The van der Waals surface area contributed by atoms with Crippen LogP contribution in [0.3, 0.4) is 0 Å². The second-order valence-electron chi connectivity index (χ2n) is 4.76. The molecule has 20 heavy (non-hydrogen) atoms. The summed E-state index contributed by atoms with van der Waals surface area (Å²) in [6.07, 6.45) is 1.81. The Bertz CT molecular complexity index is 513. The van der Waals surface area contributed by atoms with Gasteiger partial charge in [0.2, 0.25) is 0 Å². The topological polar surface area (TPSA) is 51.4 Å². The Hall–Kier alpha value is -1.91.